The minimum Gasteiger partial charge on any atom is -0.329 e. The van der Waals surface area contributed by atoms with E-state index in [0.29, 0.717) is 5.39 Å². The van der Waals surface area contributed by atoms with Crippen molar-refractivity contribution in [2.45, 2.75) is 12.8 Å². The second-order valence-electron chi connectivity index (χ2n) is 5.12. The lowest BCUT2D eigenvalue weighted by Gasteiger charge is -2.21. The fourth-order valence-corrected chi connectivity index (χ4v) is 2.60. The third-order valence-corrected chi connectivity index (χ3v) is 3.75. The molecule has 2 heterocycles. The van der Waals surface area contributed by atoms with Gasteiger partial charge in [-0.1, -0.05) is 0 Å². The van der Waals surface area contributed by atoms with E-state index in [1.54, 1.807) is 18.3 Å². The molecule has 5 nitrogen and oxygen atoms in total. The summed E-state index contributed by atoms with van der Waals surface area (Å²) in [6.07, 6.45) is 3.36. The number of fused-ring (bicyclic) bond motifs is 1. The van der Waals surface area contributed by atoms with Crippen molar-refractivity contribution in [3.63, 3.8) is 0 Å². The number of anilines is 1. The van der Waals surface area contributed by atoms with Gasteiger partial charge in [0.2, 0.25) is 5.91 Å². The van der Waals surface area contributed by atoms with Crippen LogP contribution in [0, 0.1) is 5.92 Å². The van der Waals surface area contributed by atoms with Gasteiger partial charge in [0.25, 0.3) is 5.56 Å². The molecule has 0 radical (unpaired) electrons. The molecule has 1 amide bonds. The minimum atomic E-state index is -0.112. The normalized spacial score (nSPS) is 16.2. The molecule has 1 aromatic carbocycles. The van der Waals surface area contributed by atoms with Gasteiger partial charge in [-0.2, -0.15) is 0 Å². The number of amides is 1. The zero-order valence-electron chi connectivity index (χ0n) is 11.1. The average Bonchev–Trinajstić information content (AvgIpc) is 2.48. The van der Waals surface area contributed by atoms with Crippen molar-refractivity contribution in [3.05, 3.63) is 40.8 Å². The predicted octanol–water partition coefficient (Wildman–Crippen LogP) is 1.47. The van der Waals surface area contributed by atoms with Gasteiger partial charge in [0.05, 0.1) is 0 Å². The average molecular weight is 271 g/mol. The Kier molecular flexibility index (Phi) is 3.52. The van der Waals surface area contributed by atoms with Gasteiger partial charge in [-0.15, -0.1) is 0 Å². The molecule has 1 aliphatic heterocycles. The Morgan fingerprint density at radius 2 is 2.00 bits per heavy atom. The van der Waals surface area contributed by atoms with Crippen LogP contribution in [0.15, 0.2) is 35.3 Å². The third-order valence-electron chi connectivity index (χ3n) is 3.75. The van der Waals surface area contributed by atoms with Crippen LogP contribution in [-0.4, -0.2) is 24.0 Å². The monoisotopic (exact) mass is 271 g/mol. The molecule has 3 N–H and O–H groups in total. The lowest BCUT2D eigenvalue weighted by molar-refractivity contribution is -0.120. The summed E-state index contributed by atoms with van der Waals surface area (Å²) in [5, 5.41) is 7.65. The molecule has 1 aromatic heterocycles. The van der Waals surface area contributed by atoms with Crippen LogP contribution < -0.4 is 16.2 Å². The number of rotatable bonds is 2. The van der Waals surface area contributed by atoms with E-state index in [9.17, 15) is 9.59 Å². The van der Waals surface area contributed by atoms with Crippen LogP contribution in [0.5, 0.6) is 0 Å². The molecule has 1 saturated heterocycles. The molecule has 0 unspecified atom stereocenters. The SMILES string of the molecule is O=C(Nc1ccc2c(=O)[nH]ccc2c1)C1CCNCC1. The Morgan fingerprint density at radius 3 is 2.80 bits per heavy atom. The first-order valence-corrected chi connectivity index (χ1v) is 6.87. The van der Waals surface area contributed by atoms with Crippen molar-refractivity contribution >= 4 is 22.4 Å². The highest BCUT2D eigenvalue weighted by Crippen LogP contribution is 2.19. The molecule has 5 heteroatoms. The molecule has 0 atom stereocenters. The summed E-state index contributed by atoms with van der Waals surface area (Å²) in [5.41, 5.74) is 0.630. The molecule has 0 spiro atoms. The van der Waals surface area contributed by atoms with Gasteiger partial charge in [0, 0.05) is 23.2 Å². The predicted molar refractivity (Wildman–Crippen MR) is 78.8 cm³/mol. The van der Waals surface area contributed by atoms with Gasteiger partial charge in [-0.05, 0) is 55.6 Å². The highest BCUT2D eigenvalue weighted by Gasteiger charge is 2.20. The van der Waals surface area contributed by atoms with Crippen LogP contribution in [0.1, 0.15) is 12.8 Å². The fraction of sp³-hybridized carbons (Fsp3) is 0.333. The highest BCUT2D eigenvalue weighted by molar-refractivity contribution is 5.95. The molecule has 0 bridgehead atoms. The van der Waals surface area contributed by atoms with Crippen LogP contribution in [0.4, 0.5) is 5.69 Å². The largest absolute Gasteiger partial charge is 0.329 e. The van der Waals surface area contributed by atoms with Gasteiger partial charge in [-0.25, -0.2) is 0 Å². The molecule has 20 heavy (non-hydrogen) atoms. The van der Waals surface area contributed by atoms with Gasteiger partial charge < -0.3 is 15.6 Å². The van der Waals surface area contributed by atoms with Crippen LogP contribution in [0.2, 0.25) is 0 Å². The second kappa shape index (κ2) is 5.46. The first-order chi connectivity index (χ1) is 9.74. The Bertz CT molecular complexity index is 687. The van der Waals surface area contributed by atoms with Gasteiger partial charge in [0.15, 0.2) is 0 Å². The second-order valence-corrected chi connectivity index (χ2v) is 5.12. The molecule has 0 saturated carbocycles. The molecule has 1 fully saturated rings. The molecular formula is C15H17N3O2. The fourth-order valence-electron chi connectivity index (χ4n) is 2.60. The summed E-state index contributed by atoms with van der Waals surface area (Å²) >= 11 is 0. The number of piperidine rings is 1. The number of aromatic nitrogens is 1. The molecule has 3 rings (SSSR count). The van der Waals surface area contributed by atoms with Crippen molar-refractivity contribution in [1.82, 2.24) is 10.3 Å². The Hall–Kier alpha value is -2.14. The topological polar surface area (TPSA) is 74.0 Å². The van der Waals surface area contributed by atoms with Gasteiger partial charge in [0.1, 0.15) is 0 Å². The number of hydrogen-bond donors (Lipinski definition) is 3. The van der Waals surface area contributed by atoms with Crippen LogP contribution in [0.3, 0.4) is 0 Å². The summed E-state index contributed by atoms with van der Waals surface area (Å²) in [7, 11) is 0. The standard InChI is InChI=1S/C15H17N3O2/c19-14(10-3-6-16-7-4-10)18-12-1-2-13-11(9-12)5-8-17-15(13)20/h1-2,5,8-10,16H,3-4,6-7H2,(H,17,20)(H,18,19). The number of aromatic amines is 1. The lowest BCUT2D eigenvalue weighted by atomic mass is 9.97. The van der Waals surface area contributed by atoms with E-state index < -0.39 is 0 Å². The highest BCUT2D eigenvalue weighted by atomic mass is 16.2. The number of H-pyrrole nitrogens is 1. The van der Waals surface area contributed by atoms with Gasteiger partial charge >= 0.3 is 0 Å². The van der Waals surface area contributed by atoms with Crippen LogP contribution >= 0.6 is 0 Å². The van der Waals surface area contributed by atoms with Crippen molar-refractivity contribution in [2.24, 2.45) is 5.92 Å². The summed E-state index contributed by atoms with van der Waals surface area (Å²) in [5.74, 6) is 0.141. The first kappa shape index (κ1) is 12.9. The number of pyridine rings is 1. The van der Waals surface area contributed by atoms with E-state index in [1.807, 2.05) is 12.1 Å². The molecule has 2 aromatic rings. The molecule has 104 valence electrons. The smallest absolute Gasteiger partial charge is 0.255 e. The number of carbonyl (C=O) groups is 1. The lowest BCUT2D eigenvalue weighted by Crippen LogP contribution is -2.34. The van der Waals surface area contributed by atoms with Crippen molar-refractivity contribution in [1.29, 1.82) is 0 Å². The number of nitrogens with one attached hydrogen (secondary N) is 3. The third kappa shape index (κ3) is 2.58. The zero-order chi connectivity index (χ0) is 13.9. The van der Waals surface area contributed by atoms with E-state index in [-0.39, 0.29) is 17.4 Å². The maximum absolute atomic E-state index is 12.2. The molecular weight excluding hydrogens is 254 g/mol. The Balaban J connectivity index is 1.80. The zero-order valence-corrected chi connectivity index (χ0v) is 11.1. The first-order valence-electron chi connectivity index (χ1n) is 6.87. The summed E-state index contributed by atoms with van der Waals surface area (Å²) < 4.78 is 0. The minimum absolute atomic E-state index is 0.0655. The van der Waals surface area contributed by atoms with E-state index in [0.717, 1.165) is 37.0 Å². The maximum atomic E-state index is 12.2. The quantitative estimate of drug-likeness (QED) is 0.774. The summed E-state index contributed by atoms with van der Waals surface area (Å²) in [6.45, 7) is 1.79. The summed E-state index contributed by atoms with van der Waals surface area (Å²) in [4.78, 5) is 26.4. The molecule has 1 aliphatic rings. The Labute approximate surface area is 116 Å². The van der Waals surface area contributed by atoms with E-state index in [1.165, 1.54) is 0 Å². The Morgan fingerprint density at radius 1 is 1.20 bits per heavy atom. The van der Waals surface area contributed by atoms with Crippen molar-refractivity contribution < 1.29 is 4.79 Å². The van der Waals surface area contributed by atoms with E-state index in [2.05, 4.69) is 15.6 Å². The van der Waals surface area contributed by atoms with Crippen LogP contribution in [0.25, 0.3) is 10.8 Å². The van der Waals surface area contributed by atoms with E-state index >= 15 is 0 Å². The number of hydrogen-bond acceptors (Lipinski definition) is 3. The van der Waals surface area contributed by atoms with Crippen molar-refractivity contribution in [3.8, 4) is 0 Å². The van der Waals surface area contributed by atoms with Gasteiger partial charge in [-0.3, -0.25) is 9.59 Å². The van der Waals surface area contributed by atoms with Crippen molar-refractivity contribution in [2.75, 3.05) is 18.4 Å². The van der Waals surface area contributed by atoms with Crippen LogP contribution in [-0.2, 0) is 4.79 Å². The maximum Gasteiger partial charge on any atom is 0.255 e. The molecule has 0 aliphatic carbocycles. The van der Waals surface area contributed by atoms with E-state index in [4.69, 9.17) is 0 Å². The summed E-state index contributed by atoms with van der Waals surface area (Å²) in [6, 6.07) is 7.18. The number of carbonyl (C=O) groups excluding carboxylic acids is 1. The number of benzene rings is 1.